The molecule has 4 heteroatoms. The standard InChI is InChI=1S/C38H20N2S2/c39-21-31-29(23-9-2-1-3-10-23)20-30(27-13-8-16-35-38(27)28-12-5-7-15-34(28)41-35)32(22-40)37(31)24-17-18-26-25-11-4-6-14-33(25)42-36(26)19-24/h1-20H. The summed E-state index contributed by atoms with van der Waals surface area (Å²) in [5.41, 5.74) is 6.24. The van der Waals surface area contributed by atoms with Crippen molar-refractivity contribution in [1.82, 2.24) is 0 Å². The lowest BCUT2D eigenvalue weighted by Gasteiger charge is -2.18. The molecule has 8 aromatic rings. The maximum absolute atomic E-state index is 10.8. The Balaban J connectivity index is 1.51. The highest BCUT2D eigenvalue weighted by Crippen LogP contribution is 2.46. The van der Waals surface area contributed by atoms with Crippen molar-refractivity contribution in [3.8, 4) is 45.5 Å². The first-order valence-electron chi connectivity index (χ1n) is 13.6. The summed E-state index contributed by atoms with van der Waals surface area (Å²) in [5.74, 6) is 0. The molecule has 0 fully saturated rings. The zero-order valence-corrected chi connectivity index (χ0v) is 23.9. The third-order valence-electron chi connectivity index (χ3n) is 8.00. The molecule has 2 nitrogen and oxygen atoms in total. The number of nitrogens with zero attached hydrogens (tertiary/aromatic N) is 2. The Morgan fingerprint density at radius 3 is 1.83 bits per heavy atom. The van der Waals surface area contributed by atoms with Crippen molar-refractivity contribution < 1.29 is 0 Å². The highest BCUT2D eigenvalue weighted by atomic mass is 32.1. The fraction of sp³-hybridized carbons (Fsp3) is 0. The molecule has 0 aliphatic rings. The molecule has 2 aromatic heterocycles. The van der Waals surface area contributed by atoms with Crippen LogP contribution in [0.5, 0.6) is 0 Å². The van der Waals surface area contributed by atoms with Gasteiger partial charge in [-0.2, -0.15) is 10.5 Å². The summed E-state index contributed by atoms with van der Waals surface area (Å²) in [5, 5.41) is 26.2. The van der Waals surface area contributed by atoms with Crippen LogP contribution in [0.1, 0.15) is 11.1 Å². The minimum absolute atomic E-state index is 0.518. The number of benzene rings is 6. The lowest BCUT2D eigenvalue weighted by atomic mass is 9.83. The number of nitriles is 2. The summed E-state index contributed by atoms with van der Waals surface area (Å²) in [6.07, 6.45) is 0. The predicted octanol–water partition coefficient (Wildman–Crippen LogP) is 11.2. The molecular weight excluding hydrogens is 549 g/mol. The maximum Gasteiger partial charge on any atom is 0.100 e. The molecule has 0 unspecified atom stereocenters. The van der Waals surface area contributed by atoms with Crippen LogP contribution in [0.2, 0.25) is 0 Å². The highest BCUT2D eigenvalue weighted by Gasteiger charge is 2.24. The molecule has 0 bridgehead atoms. The molecule has 0 saturated heterocycles. The van der Waals surface area contributed by atoms with Gasteiger partial charge in [0.05, 0.1) is 11.1 Å². The number of fused-ring (bicyclic) bond motifs is 6. The van der Waals surface area contributed by atoms with Gasteiger partial charge in [0.25, 0.3) is 0 Å². The number of hydrogen-bond acceptors (Lipinski definition) is 4. The van der Waals surface area contributed by atoms with Crippen LogP contribution in [0.4, 0.5) is 0 Å². The Bertz CT molecular complexity index is 2430. The Hall–Kier alpha value is -5.26. The van der Waals surface area contributed by atoms with Crippen LogP contribution in [-0.2, 0) is 0 Å². The van der Waals surface area contributed by atoms with Gasteiger partial charge in [-0.25, -0.2) is 0 Å². The largest absolute Gasteiger partial charge is 0.192 e. The second kappa shape index (κ2) is 9.68. The van der Waals surface area contributed by atoms with E-state index in [1.54, 1.807) is 22.7 Å². The van der Waals surface area contributed by atoms with E-state index < -0.39 is 0 Å². The molecule has 0 amide bonds. The van der Waals surface area contributed by atoms with Gasteiger partial charge in [0.1, 0.15) is 12.1 Å². The van der Waals surface area contributed by atoms with Crippen LogP contribution in [-0.4, -0.2) is 0 Å². The Morgan fingerprint density at radius 1 is 0.429 bits per heavy atom. The van der Waals surface area contributed by atoms with Crippen molar-refractivity contribution in [2.45, 2.75) is 0 Å². The van der Waals surface area contributed by atoms with E-state index in [1.807, 2.05) is 30.3 Å². The van der Waals surface area contributed by atoms with E-state index in [2.05, 4.69) is 103 Å². The van der Waals surface area contributed by atoms with Crippen molar-refractivity contribution in [1.29, 1.82) is 10.5 Å². The molecule has 0 saturated carbocycles. The van der Waals surface area contributed by atoms with Crippen molar-refractivity contribution in [3.63, 3.8) is 0 Å². The monoisotopic (exact) mass is 568 g/mol. The SMILES string of the molecule is N#Cc1c(-c2ccccc2)cc(-c2cccc3sc4ccccc4c23)c(C#N)c1-c1ccc2c(c1)sc1ccccc12. The van der Waals surface area contributed by atoms with Crippen LogP contribution in [0.3, 0.4) is 0 Å². The molecule has 0 aliphatic heterocycles. The average molecular weight is 569 g/mol. The van der Waals surface area contributed by atoms with E-state index in [0.29, 0.717) is 16.7 Å². The van der Waals surface area contributed by atoms with E-state index >= 15 is 0 Å². The molecule has 0 N–H and O–H groups in total. The number of rotatable bonds is 3. The Labute approximate surface area is 250 Å². The van der Waals surface area contributed by atoms with E-state index in [4.69, 9.17) is 0 Å². The van der Waals surface area contributed by atoms with Crippen molar-refractivity contribution in [2.24, 2.45) is 0 Å². The van der Waals surface area contributed by atoms with E-state index in [0.717, 1.165) is 37.9 Å². The molecule has 6 aromatic carbocycles. The van der Waals surface area contributed by atoms with Gasteiger partial charge in [-0.05, 0) is 47.0 Å². The molecule has 0 atom stereocenters. The molecule has 2 heterocycles. The highest BCUT2D eigenvalue weighted by molar-refractivity contribution is 7.26. The Morgan fingerprint density at radius 2 is 1.05 bits per heavy atom. The summed E-state index contributed by atoms with van der Waals surface area (Å²) >= 11 is 3.50. The minimum atomic E-state index is 0.518. The van der Waals surface area contributed by atoms with Gasteiger partial charge in [0.2, 0.25) is 0 Å². The molecule has 0 spiro atoms. The zero-order chi connectivity index (χ0) is 28.2. The smallest absolute Gasteiger partial charge is 0.100 e. The third kappa shape index (κ3) is 3.67. The van der Waals surface area contributed by atoms with E-state index in [-0.39, 0.29) is 0 Å². The van der Waals surface area contributed by atoms with Gasteiger partial charge >= 0.3 is 0 Å². The predicted molar refractivity (Wildman–Crippen MR) is 178 cm³/mol. The van der Waals surface area contributed by atoms with Crippen LogP contribution < -0.4 is 0 Å². The van der Waals surface area contributed by atoms with E-state index in [9.17, 15) is 10.5 Å². The van der Waals surface area contributed by atoms with Crippen molar-refractivity contribution in [2.75, 3.05) is 0 Å². The molecule has 0 radical (unpaired) electrons. The maximum atomic E-state index is 10.8. The second-order valence-corrected chi connectivity index (χ2v) is 12.4. The summed E-state index contributed by atoms with van der Waals surface area (Å²) in [6, 6.07) is 46.6. The lowest BCUT2D eigenvalue weighted by Crippen LogP contribution is -1.98. The van der Waals surface area contributed by atoms with Crippen LogP contribution in [0, 0.1) is 22.7 Å². The third-order valence-corrected chi connectivity index (χ3v) is 10.3. The van der Waals surface area contributed by atoms with Gasteiger partial charge in [-0.1, -0.05) is 91.0 Å². The molecule has 42 heavy (non-hydrogen) atoms. The number of hydrogen-bond donors (Lipinski definition) is 0. The summed E-state index contributed by atoms with van der Waals surface area (Å²) in [6.45, 7) is 0. The Kier molecular flexibility index (Phi) is 5.66. The summed E-state index contributed by atoms with van der Waals surface area (Å²) in [4.78, 5) is 0. The molecule has 8 rings (SSSR count). The quantitative estimate of drug-likeness (QED) is 0.213. The van der Waals surface area contributed by atoms with Gasteiger partial charge in [-0.15, -0.1) is 22.7 Å². The van der Waals surface area contributed by atoms with Crippen molar-refractivity contribution in [3.05, 3.63) is 132 Å². The summed E-state index contributed by atoms with van der Waals surface area (Å²) in [7, 11) is 0. The molecular formula is C38H20N2S2. The van der Waals surface area contributed by atoms with Crippen LogP contribution in [0.25, 0.3) is 73.7 Å². The van der Waals surface area contributed by atoms with Gasteiger partial charge < -0.3 is 0 Å². The topological polar surface area (TPSA) is 47.6 Å². The van der Waals surface area contributed by atoms with Crippen LogP contribution in [0.15, 0.2) is 121 Å². The minimum Gasteiger partial charge on any atom is -0.192 e. The second-order valence-electron chi connectivity index (χ2n) is 10.3. The van der Waals surface area contributed by atoms with E-state index in [1.165, 1.54) is 30.3 Å². The van der Waals surface area contributed by atoms with Gasteiger partial charge in [-0.3, -0.25) is 0 Å². The lowest BCUT2D eigenvalue weighted by molar-refractivity contribution is 1.44. The average Bonchev–Trinajstić information content (AvgIpc) is 3.62. The first kappa shape index (κ1) is 24.5. The van der Waals surface area contributed by atoms with Crippen LogP contribution >= 0.6 is 22.7 Å². The molecule has 0 aliphatic carbocycles. The van der Waals surface area contributed by atoms with Gasteiger partial charge in [0.15, 0.2) is 0 Å². The normalized spacial score (nSPS) is 11.3. The zero-order valence-electron chi connectivity index (χ0n) is 22.3. The molecule has 194 valence electrons. The fourth-order valence-corrected chi connectivity index (χ4v) is 8.42. The summed E-state index contributed by atoms with van der Waals surface area (Å²) < 4.78 is 4.75. The first-order chi connectivity index (χ1) is 20.7. The number of thiophene rings is 2. The van der Waals surface area contributed by atoms with Crippen molar-refractivity contribution >= 4 is 63.0 Å². The van der Waals surface area contributed by atoms with Gasteiger partial charge in [0, 0.05) is 57.0 Å². The fourth-order valence-electron chi connectivity index (χ4n) is 6.14. The first-order valence-corrected chi connectivity index (χ1v) is 15.3.